The first kappa shape index (κ1) is 18.8. The van der Waals surface area contributed by atoms with Gasteiger partial charge in [-0.15, -0.1) is 0 Å². The summed E-state index contributed by atoms with van der Waals surface area (Å²) < 4.78 is 5.90. The molecule has 2 heterocycles. The fourth-order valence-electron chi connectivity index (χ4n) is 3.92. The lowest BCUT2D eigenvalue weighted by atomic mass is 10.1. The lowest BCUT2D eigenvalue weighted by Gasteiger charge is -2.37. The van der Waals surface area contributed by atoms with Crippen LogP contribution in [0.1, 0.15) is 24.0 Å². The Hall–Kier alpha value is -2.53. The van der Waals surface area contributed by atoms with Gasteiger partial charge in [-0.1, -0.05) is 12.1 Å². The van der Waals surface area contributed by atoms with Crippen LogP contribution in [0.15, 0.2) is 42.6 Å². The molecule has 1 aromatic heterocycles. The smallest absolute Gasteiger partial charge is 0.121 e. The Morgan fingerprint density at radius 3 is 2.75 bits per heavy atom. The second kappa shape index (κ2) is 8.65. The fraction of sp³-hybridized carbons (Fsp3) is 0.435. The molecular formula is C23H30N4O. The number of nitrogens with zero attached hydrogens (tertiary/aromatic N) is 3. The zero-order valence-corrected chi connectivity index (χ0v) is 16.9. The number of unbranched alkanes of at least 4 members (excludes halogenated alkanes) is 1. The summed E-state index contributed by atoms with van der Waals surface area (Å²) in [6, 6.07) is 12.7. The van der Waals surface area contributed by atoms with E-state index in [-0.39, 0.29) is 0 Å². The van der Waals surface area contributed by atoms with Gasteiger partial charge in [-0.25, -0.2) is 0 Å². The molecule has 0 atom stereocenters. The summed E-state index contributed by atoms with van der Waals surface area (Å²) in [5.74, 6) is 0.916. The quantitative estimate of drug-likeness (QED) is 0.627. The van der Waals surface area contributed by atoms with Gasteiger partial charge in [-0.2, -0.15) is 5.10 Å². The number of aromatic nitrogens is 2. The molecule has 1 fully saturated rings. The van der Waals surface area contributed by atoms with E-state index < -0.39 is 0 Å². The van der Waals surface area contributed by atoms with Crippen molar-refractivity contribution < 1.29 is 4.74 Å². The lowest BCUT2D eigenvalue weighted by molar-refractivity contribution is 0.238. The Morgan fingerprint density at radius 2 is 1.89 bits per heavy atom. The molecule has 0 amide bonds. The highest BCUT2D eigenvalue weighted by molar-refractivity contribution is 5.79. The van der Waals surface area contributed by atoms with E-state index in [0.717, 1.165) is 62.4 Å². The van der Waals surface area contributed by atoms with E-state index in [1.54, 1.807) is 0 Å². The maximum Gasteiger partial charge on any atom is 0.121 e. The summed E-state index contributed by atoms with van der Waals surface area (Å²) in [5, 5.41) is 8.15. The summed E-state index contributed by atoms with van der Waals surface area (Å²) in [7, 11) is 0. The van der Waals surface area contributed by atoms with Gasteiger partial charge < -0.3 is 9.64 Å². The van der Waals surface area contributed by atoms with E-state index in [9.17, 15) is 0 Å². The molecule has 5 heteroatoms. The molecule has 0 bridgehead atoms. The third kappa shape index (κ3) is 4.30. The van der Waals surface area contributed by atoms with E-state index in [1.807, 2.05) is 24.4 Å². The molecule has 0 unspecified atom stereocenters. The number of aryl methyl sites for hydroxylation is 1. The van der Waals surface area contributed by atoms with E-state index in [4.69, 9.17) is 4.74 Å². The van der Waals surface area contributed by atoms with Gasteiger partial charge in [0.15, 0.2) is 0 Å². The Balaban J connectivity index is 1.16. The second-order valence-electron chi connectivity index (χ2n) is 7.72. The van der Waals surface area contributed by atoms with Gasteiger partial charge in [0, 0.05) is 43.3 Å². The third-order valence-corrected chi connectivity index (χ3v) is 5.84. The maximum atomic E-state index is 5.90. The highest BCUT2D eigenvalue weighted by Crippen LogP contribution is 2.24. The van der Waals surface area contributed by atoms with Crippen LogP contribution in [-0.2, 0) is 0 Å². The largest absolute Gasteiger partial charge is 0.494 e. The summed E-state index contributed by atoms with van der Waals surface area (Å²) in [5.41, 5.74) is 5.23. The highest BCUT2D eigenvalue weighted by Gasteiger charge is 2.18. The predicted molar refractivity (Wildman–Crippen MR) is 115 cm³/mol. The van der Waals surface area contributed by atoms with Crippen molar-refractivity contribution in [3.8, 4) is 5.75 Å². The van der Waals surface area contributed by atoms with E-state index in [2.05, 4.69) is 52.0 Å². The third-order valence-electron chi connectivity index (χ3n) is 5.84. The summed E-state index contributed by atoms with van der Waals surface area (Å²) >= 11 is 0. The molecule has 2 aromatic carbocycles. The molecule has 4 rings (SSSR count). The number of H-pyrrole nitrogens is 1. The molecule has 0 saturated carbocycles. The summed E-state index contributed by atoms with van der Waals surface area (Å²) in [6.45, 7) is 10.9. The van der Waals surface area contributed by atoms with Crippen molar-refractivity contribution >= 4 is 16.6 Å². The van der Waals surface area contributed by atoms with Gasteiger partial charge in [0.2, 0.25) is 0 Å². The van der Waals surface area contributed by atoms with Crippen LogP contribution in [0.2, 0.25) is 0 Å². The number of hydrogen-bond acceptors (Lipinski definition) is 4. The molecule has 0 spiro atoms. The van der Waals surface area contributed by atoms with Crippen molar-refractivity contribution in [1.82, 2.24) is 15.1 Å². The summed E-state index contributed by atoms with van der Waals surface area (Å²) in [6.07, 6.45) is 4.09. The van der Waals surface area contributed by atoms with Crippen LogP contribution in [0, 0.1) is 13.8 Å². The van der Waals surface area contributed by atoms with Gasteiger partial charge in [-0.3, -0.25) is 10.00 Å². The normalized spacial score (nSPS) is 15.3. The first-order valence-corrected chi connectivity index (χ1v) is 10.3. The topological polar surface area (TPSA) is 44.4 Å². The molecule has 1 saturated heterocycles. The Kier molecular flexibility index (Phi) is 5.81. The highest BCUT2D eigenvalue weighted by atomic mass is 16.5. The van der Waals surface area contributed by atoms with E-state index in [1.165, 1.54) is 23.2 Å². The average Bonchev–Trinajstić information content (AvgIpc) is 3.18. The van der Waals surface area contributed by atoms with Gasteiger partial charge in [0.1, 0.15) is 5.75 Å². The molecule has 28 heavy (non-hydrogen) atoms. The average molecular weight is 379 g/mol. The first-order chi connectivity index (χ1) is 13.7. The van der Waals surface area contributed by atoms with Crippen molar-refractivity contribution in [3.05, 3.63) is 53.7 Å². The van der Waals surface area contributed by atoms with Crippen molar-refractivity contribution in [2.45, 2.75) is 26.7 Å². The van der Waals surface area contributed by atoms with Gasteiger partial charge in [0.25, 0.3) is 0 Å². The SMILES string of the molecule is Cc1cccc(N2CCN(CCCCOc3ccc4cn[nH]c4c3)CC2)c1C. The Bertz CT molecular complexity index is 912. The number of anilines is 1. The zero-order valence-electron chi connectivity index (χ0n) is 16.9. The van der Waals surface area contributed by atoms with Gasteiger partial charge in [-0.05, 0) is 62.6 Å². The fourth-order valence-corrected chi connectivity index (χ4v) is 3.92. The van der Waals surface area contributed by atoms with Crippen LogP contribution in [0.25, 0.3) is 10.9 Å². The van der Waals surface area contributed by atoms with Crippen molar-refractivity contribution in [2.24, 2.45) is 0 Å². The number of piperazine rings is 1. The Morgan fingerprint density at radius 1 is 1.04 bits per heavy atom. The standard InChI is InChI=1S/C23H30N4O/c1-18-6-5-7-23(19(18)2)27-13-11-26(12-14-27)10-3-4-15-28-21-9-8-20-17-24-25-22(20)16-21/h5-9,16-17H,3-4,10-15H2,1-2H3,(H,24,25). The van der Waals surface area contributed by atoms with Crippen LogP contribution in [0.3, 0.4) is 0 Å². The van der Waals surface area contributed by atoms with Crippen LogP contribution in [0.5, 0.6) is 5.75 Å². The number of rotatable bonds is 7. The number of hydrogen-bond donors (Lipinski definition) is 1. The van der Waals surface area contributed by atoms with Crippen LogP contribution in [-0.4, -0.2) is 54.4 Å². The number of aromatic amines is 1. The van der Waals surface area contributed by atoms with Gasteiger partial charge >= 0.3 is 0 Å². The molecule has 3 aromatic rings. The van der Waals surface area contributed by atoms with Crippen molar-refractivity contribution in [2.75, 3.05) is 44.2 Å². The van der Waals surface area contributed by atoms with Crippen LogP contribution < -0.4 is 9.64 Å². The molecule has 148 valence electrons. The number of fused-ring (bicyclic) bond motifs is 1. The minimum Gasteiger partial charge on any atom is -0.494 e. The monoisotopic (exact) mass is 378 g/mol. The van der Waals surface area contributed by atoms with Crippen molar-refractivity contribution in [3.63, 3.8) is 0 Å². The first-order valence-electron chi connectivity index (χ1n) is 10.3. The number of nitrogens with one attached hydrogen (secondary N) is 1. The van der Waals surface area contributed by atoms with E-state index >= 15 is 0 Å². The predicted octanol–water partition coefficient (Wildman–Crippen LogP) is 4.16. The van der Waals surface area contributed by atoms with Crippen LogP contribution in [0.4, 0.5) is 5.69 Å². The summed E-state index contributed by atoms with van der Waals surface area (Å²) in [4.78, 5) is 5.12. The molecule has 1 aliphatic rings. The minimum atomic E-state index is 0.766. The lowest BCUT2D eigenvalue weighted by Crippen LogP contribution is -2.46. The molecule has 1 N–H and O–H groups in total. The maximum absolute atomic E-state index is 5.90. The van der Waals surface area contributed by atoms with Crippen LogP contribution >= 0.6 is 0 Å². The molecular weight excluding hydrogens is 348 g/mol. The molecule has 5 nitrogen and oxygen atoms in total. The molecule has 0 aliphatic carbocycles. The number of benzene rings is 2. The minimum absolute atomic E-state index is 0.766. The number of ether oxygens (including phenoxy) is 1. The molecule has 1 aliphatic heterocycles. The van der Waals surface area contributed by atoms with Gasteiger partial charge in [0.05, 0.1) is 18.3 Å². The van der Waals surface area contributed by atoms with Crippen molar-refractivity contribution in [1.29, 1.82) is 0 Å². The van der Waals surface area contributed by atoms with E-state index in [0.29, 0.717) is 0 Å². The molecule has 0 radical (unpaired) electrons. The second-order valence-corrected chi connectivity index (χ2v) is 7.72. The Labute approximate surface area is 167 Å². The zero-order chi connectivity index (χ0) is 19.3.